The Morgan fingerprint density at radius 1 is 0.613 bits per heavy atom. The van der Waals surface area contributed by atoms with E-state index in [1.807, 2.05) is 19.9 Å². The second-order valence-electron chi connectivity index (χ2n) is 8.91. The first kappa shape index (κ1) is 21.6. The number of fused-ring (bicyclic) bond motifs is 1. The van der Waals surface area contributed by atoms with Crippen molar-refractivity contribution in [2.45, 2.75) is 43.8 Å². The molecule has 0 radical (unpaired) electrons. The molecule has 0 unspecified atom stereocenters. The van der Waals surface area contributed by atoms with Gasteiger partial charge in [0.05, 0.1) is 5.60 Å². The monoisotopic (exact) mass is 428 g/mol. The largest absolute Gasteiger partial charge is 0.387 e. The summed E-state index contributed by atoms with van der Waals surface area (Å²) in [5, 5.41) is 12.9. The van der Waals surface area contributed by atoms with Crippen LogP contribution in [0.3, 0.4) is 0 Å². The van der Waals surface area contributed by atoms with Gasteiger partial charge in [0.2, 0.25) is 0 Å². The van der Waals surface area contributed by atoms with Crippen molar-refractivity contribution >= 4 is 22.8 Å². The van der Waals surface area contributed by atoms with Crippen molar-refractivity contribution in [3.8, 4) is 22.3 Å². The van der Waals surface area contributed by atoms with Gasteiger partial charge in [0.15, 0.2) is 0 Å². The summed E-state index contributed by atoms with van der Waals surface area (Å²) < 4.78 is 6.10. The van der Waals surface area contributed by atoms with Crippen LogP contribution in [0.2, 0.25) is 0 Å². The van der Waals surface area contributed by atoms with Crippen molar-refractivity contribution in [1.82, 2.24) is 0 Å². The lowest BCUT2D eigenvalue weighted by molar-refractivity contribution is -0.0813. The molecular formula is C28H28O2S. The topological polar surface area (TPSA) is 29.5 Å². The smallest absolute Gasteiger partial charge is 0.106 e. The Balaban J connectivity index is 1.76. The number of hydrogen-bond donors (Lipinski definition) is 1. The third-order valence-corrected chi connectivity index (χ3v) is 6.84. The summed E-state index contributed by atoms with van der Waals surface area (Å²) in [6.45, 7) is 7.36. The zero-order valence-electron chi connectivity index (χ0n) is 18.4. The molecule has 0 aromatic heterocycles. The lowest BCUT2D eigenvalue weighted by Crippen LogP contribution is -2.45. The summed E-state index contributed by atoms with van der Waals surface area (Å²) in [5.41, 5.74) is 2.94. The first-order valence-corrected chi connectivity index (χ1v) is 11.2. The van der Waals surface area contributed by atoms with Crippen LogP contribution in [-0.2, 0) is 4.18 Å². The average molecular weight is 429 g/mol. The van der Waals surface area contributed by atoms with Crippen LogP contribution in [0.15, 0.2) is 95.9 Å². The quantitative estimate of drug-likeness (QED) is 0.318. The molecule has 0 bridgehead atoms. The molecule has 0 heterocycles. The first-order valence-electron chi connectivity index (χ1n) is 10.5. The lowest BCUT2D eigenvalue weighted by Gasteiger charge is -2.35. The summed E-state index contributed by atoms with van der Waals surface area (Å²) >= 11 is 1.32. The van der Waals surface area contributed by atoms with Gasteiger partial charge in [0.25, 0.3) is 0 Å². The van der Waals surface area contributed by atoms with Gasteiger partial charge in [0, 0.05) is 16.9 Å². The minimum absolute atomic E-state index is 0.705. The van der Waals surface area contributed by atoms with E-state index in [0.717, 1.165) is 21.6 Å². The van der Waals surface area contributed by atoms with E-state index >= 15 is 0 Å². The molecule has 4 aromatic carbocycles. The Morgan fingerprint density at radius 3 is 1.90 bits per heavy atom. The van der Waals surface area contributed by atoms with Crippen molar-refractivity contribution in [3.63, 3.8) is 0 Å². The van der Waals surface area contributed by atoms with Crippen LogP contribution in [0.5, 0.6) is 0 Å². The van der Waals surface area contributed by atoms with Gasteiger partial charge in [-0.3, -0.25) is 0 Å². The van der Waals surface area contributed by atoms with E-state index in [-0.39, 0.29) is 0 Å². The molecule has 31 heavy (non-hydrogen) atoms. The Morgan fingerprint density at radius 2 is 1.23 bits per heavy atom. The number of hydrogen-bond acceptors (Lipinski definition) is 3. The second-order valence-corrected chi connectivity index (χ2v) is 9.71. The highest BCUT2D eigenvalue weighted by Crippen LogP contribution is 2.37. The van der Waals surface area contributed by atoms with Gasteiger partial charge in [-0.05, 0) is 85.0 Å². The van der Waals surface area contributed by atoms with E-state index in [1.165, 1.54) is 28.4 Å². The van der Waals surface area contributed by atoms with E-state index in [1.54, 1.807) is 13.8 Å². The lowest BCUT2D eigenvalue weighted by atomic mass is 9.90. The molecule has 0 atom stereocenters. The van der Waals surface area contributed by atoms with Crippen LogP contribution in [0.25, 0.3) is 33.0 Å². The number of aliphatic hydroxyl groups is 1. The second kappa shape index (κ2) is 8.51. The zero-order chi connectivity index (χ0) is 22.1. The minimum atomic E-state index is -0.960. The van der Waals surface area contributed by atoms with Crippen molar-refractivity contribution in [1.29, 1.82) is 0 Å². The van der Waals surface area contributed by atoms with Gasteiger partial charge in [-0.15, -0.1) is 0 Å². The standard InChI is InChI=1S/C28H28O2S/c1-27(2,29)28(3,4)30-31-26-18-24(20-10-6-5-7-11-20)17-25(19-26)23-15-14-21-12-8-9-13-22(21)16-23/h5-19,29H,1-4H3. The number of rotatable bonds is 6. The van der Waals surface area contributed by atoms with Crippen LogP contribution >= 0.6 is 12.0 Å². The fraction of sp³-hybridized carbons (Fsp3) is 0.214. The molecule has 4 aromatic rings. The third kappa shape index (κ3) is 4.85. The molecule has 3 heteroatoms. The van der Waals surface area contributed by atoms with Crippen LogP contribution < -0.4 is 0 Å². The zero-order valence-corrected chi connectivity index (χ0v) is 19.2. The molecule has 0 saturated heterocycles. The van der Waals surface area contributed by atoms with Gasteiger partial charge in [-0.2, -0.15) is 0 Å². The van der Waals surface area contributed by atoms with Crippen LogP contribution in [-0.4, -0.2) is 16.3 Å². The average Bonchev–Trinajstić information content (AvgIpc) is 2.77. The van der Waals surface area contributed by atoms with Crippen LogP contribution in [0, 0.1) is 0 Å². The van der Waals surface area contributed by atoms with Crippen LogP contribution in [0.4, 0.5) is 0 Å². The summed E-state index contributed by atoms with van der Waals surface area (Å²) in [5.74, 6) is 0. The van der Waals surface area contributed by atoms with Gasteiger partial charge in [0.1, 0.15) is 5.60 Å². The highest BCUT2D eigenvalue weighted by molar-refractivity contribution is 7.94. The summed E-state index contributed by atoms with van der Waals surface area (Å²) in [4.78, 5) is 1.00. The first-order chi connectivity index (χ1) is 14.7. The highest BCUT2D eigenvalue weighted by Gasteiger charge is 2.37. The Bertz CT molecular complexity index is 1190. The van der Waals surface area contributed by atoms with Gasteiger partial charge in [-0.1, -0.05) is 66.7 Å². The van der Waals surface area contributed by atoms with Gasteiger partial charge < -0.3 is 9.29 Å². The van der Waals surface area contributed by atoms with Gasteiger partial charge in [-0.25, -0.2) is 0 Å². The molecule has 0 amide bonds. The summed E-state index contributed by atoms with van der Waals surface area (Å²) in [6.07, 6.45) is 0. The predicted octanol–water partition coefficient (Wildman–Crippen LogP) is 7.75. The SMILES string of the molecule is CC(C)(O)C(C)(C)OSc1cc(-c2ccccc2)cc(-c2ccc3ccccc3c2)c1. The maximum atomic E-state index is 10.5. The highest BCUT2D eigenvalue weighted by atomic mass is 32.2. The van der Waals surface area contributed by atoms with Crippen molar-refractivity contribution < 1.29 is 9.29 Å². The fourth-order valence-electron chi connectivity index (χ4n) is 3.23. The molecule has 0 aliphatic carbocycles. The third-order valence-electron chi connectivity index (χ3n) is 5.92. The van der Waals surface area contributed by atoms with Crippen LogP contribution in [0.1, 0.15) is 27.7 Å². The van der Waals surface area contributed by atoms with E-state index in [0.29, 0.717) is 0 Å². The Labute approximate surface area is 189 Å². The fourth-order valence-corrected chi connectivity index (χ4v) is 4.09. The molecule has 2 nitrogen and oxygen atoms in total. The van der Waals surface area contributed by atoms with E-state index in [9.17, 15) is 5.11 Å². The summed E-state index contributed by atoms with van der Waals surface area (Å²) in [6, 6.07) is 31.9. The maximum absolute atomic E-state index is 10.5. The molecule has 4 rings (SSSR count). The maximum Gasteiger partial charge on any atom is 0.106 e. The Kier molecular flexibility index (Phi) is 5.94. The Hall–Kier alpha value is -2.59. The molecule has 0 aliphatic heterocycles. The molecule has 0 aliphatic rings. The molecule has 0 fully saturated rings. The number of benzene rings is 4. The summed E-state index contributed by atoms with van der Waals surface area (Å²) in [7, 11) is 0. The van der Waals surface area contributed by atoms with Crippen molar-refractivity contribution in [2.75, 3.05) is 0 Å². The van der Waals surface area contributed by atoms with E-state index in [2.05, 4.69) is 84.9 Å². The molecule has 0 spiro atoms. The molecule has 158 valence electrons. The molecule has 1 N–H and O–H groups in total. The van der Waals surface area contributed by atoms with E-state index in [4.69, 9.17) is 4.18 Å². The minimum Gasteiger partial charge on any atom is -0.387 e. The van der Waals surface area contributed by atoms with Crippen molar-refractivity contribution in [3.05, 3.63) is 91.0 Å². The molecule has 0 saturated carbocycles. The van der Waals surface area contributed by atoms with E-state index < -0.39 is 11.2 Å². The van der Waals surface area contributed by atoms with Gasteiger partial charge >= 0.3 is 0 Å². The predicted molar refractivity (Wildman–Crippen MR) is 132 cm³/mol. The van der Waals surface area contributed by atoms with Crippen molar-refractivity contribution in [2.24, 2.45) is 0 Å². The normalized spacial score (nSPS) is 12.3. The molecular weight excluding hydrogens is 400 g/mol.